The number of nitrogens with one attached hydrogen (secondary N) is 4. The summed E-state index contributed by atoms with van der Waals surface area (Å²) in [5.74, 6) is 0. The average molecular weight is 574 g/mol. The molecule has 1 aliphatic heterocycles. The molecule has 43 heavy (non-hydrogen) atoms. The number of aryl methyl sites for hydroxylation is 1. The summed E-state index contributed by atoms with van der Waals surface area (Å²) in [4.78, 5) is 17.5. The molecule has 3 heterocycles. The van der Waals surface area contributed by atoms with E-state index in [0.29, 0.717) is 45.3 Å². The number of nitriles is 2. The maximum Gasteiger partial charge on any atom is 0.258 e. The summed E-state index contributed by atoms with van der Waals surface area (Å²) in [6.07, 6.45) is 7.55. The highest BCUT2D eigenvalue weighted by Crippen LogP contribution is 2.42. The number of hydrogen-bond donors (Lipinski definition) is 4. The van der Waals surface area contributed by atoms with Crippen molar-refractivity contribution in [1.82, 2.24) is 25.5 Å². The third kappa shape index (κ3) is 5.22. The molecule has 2 aromatic carbocycles. The predicted molar refractivity (Wildman–Crippen MR) is 169 cm³/mol. The van der Waals surface area contributed by atoms with E-state index in [1.807, 2.05) is 30.3 Å². The molecular weight excluding hydrogens is 538 g/mol. The molecule has 0 bridgehead atoms. The lowest BCUT2D eigenvalue weighted by atomic mass is 9.96. The highest BCUT2D eigenvalue weighted by Gasteiger charge is 2.44. The van der Waals surface area contributed by atoms with E-state index in [-0.39, 0.29) is 16.5 Å². The minimum absolute atomic E-state index is 0.0373. The van der Waals surface area contributed by atoms with Gasteiger partial charge >= 0.3 is 0 Å². The lowest BCUT2D eigenvalue weighted by molar-refractivity contribution is 0.190. The van der Waals surface area contributed by atoms with Crippen molar-refractivity contribution >= 4 is 33.1 Å². The largest absolute Gasteiger partial charge is 0.383 e. The Kier molecular flexibility index (Phi) is 6.75. The van der Waals surface area contributed by atoms with Crippen LogP contribution in [0.25, 0.3) is 21.7 Å². The van der Waals surface area contributed by atoms with E-state index in [9.17, 15) is 15.3 Å². The lowest BCUT2D eigenvalue weighted by Gasteiger charge is -2.24. The van der Waals surface area contributed by atoms with Gasteiger partial charge in [0.1, 0.15) is 12.1 Å². The van der Waals surface area contributed by atoms with Crippen LogP contribution in [0.2, 0.25) is 0 Å². The second kappa shape index (κ2) is 10.3. The fourth-order valence-electron chi connectivity index (χ4n) is 5.43. The fourth-order valence-corrected chi connectivity index (χ4v) is 5.43. The Labute approximate surface area is 250 Å². The second-order valence-corrected chi connectivity index (χ2v) is 12.9. The molecule has 2 aromatic heterocycles. The number of hydrogen-bond acceptors (Lipinski definition) is 9. The quantitative estimate of drug-likeness (QED) is 0.237. The van der Waals surface area contributed by atoms with Crippen molar-refractivity contribution in [3.63, 3.8) is 0 Å². The number of benzene rings is 2. The molecule has 0 saturated heterocycles. The minimum Gasteiger partial charge on any atom is -0.383 e. The summed E-state index contributed by atoms with van der Waals surface area (Å²) in [5.41, 5.74) is 11.0. The van der Waals surface area contributed by atoms with Gasteiger partial charge in [-0.3, -0.25) is 14.8 Å². The summed E-state index contributed by atoms with van der Waals surface area (Å²) in [7, 11) is 1.75. The summed E-state index contributed by atoms with van der Waals surface area (Å²) < 4.78 is 1.58. The third-order valence-electron chi connectivity index (χ3n) is 8.24. The molecule has 0 radical (unpaired) electrons. The Morgan fingerprint density at radius 1 is 1.09 bits per heavy atom. The molecular formula is C33H35N9O. The van der Waals surface area contributed by atoms with Gasteiger partial charge in [-0.2, -0.15) is 10.5 Å². The Bertz CT molecular complexity index is 1930. The molecule has 6 rings (SSSR count). The van der Waals surface area contributed by atoms with E-state index in [2.05, 4.69) is 77.6 Å². The Morgan fingerprint density at radius 2 is 1.86 bits per heavy atom. The first-order chi connectivity index (χ1) is 20.5. The van der Waals surface area contributed by atoms with Gasteiger partial charge < -0.3 is 20.6 Å². The molecule has 0 amide bonds. The maximum absolute atomic E-state index is 13.0. The zero-order valence-corrected chi connectivity index (χ0v) is 25.0. The van der Waals surface area contributed by atoms with E-state index in [1.54, 1.807) is 23.9 Å². The van der Waals surface area contributed by atoms with Crippen LogP contribution in [0.15, 0.2) is 65.5 Å². The molecule has 1 fully saturated rings. The van der Waals surface area contributed by atoms with Gasteiger partial charge in [-0.25, -0.2) is 0 Å². The Morgan fingerprint density at radius 3 is 2.56 bits per heavy atom. The van der Waals surface area contributed by atoms with Crippen LogP contribution in [0.5, 0.6) is 0 Å². The highest BCUT2D eigenvalue weighted by molar-refractivity contribution is 5.99. The zero-order valence-electron chi connectivity index (χ0n) is 25.0. The first-order valence-corrected chi connectivity index (χ1v) is 14.4. The monoisotopic (exact) mass is 573 g/mol. The van der Waals surface area contributed by atoms with Gasteiger partial charge in [0.05, 0.1) is 39.6 Å². The van der Waals surface area contributed by atoms with Crippen molar-refractivity contribution in [3.8, 4) is 12.1 Å². The van der Waals surface area contributed by atoms with Crippen molar-refractivity contribution in [1.29, 1.82) is 10.5 Å². The topological polar surface area (TPSA) is 134 Å². The van der Waals surface area contributed by atoms with Crippen LogP contribution in [-0.4, -0.2) is 26.6 Å². The summed E-state index contributed by atoms with van der Waals surface area (Å²) in [6, 6.07) is 15.6. The number of nitrogens with zero attached hydrogens (tertiary/aromatic N) is 5. The standard InChI is InChI=1S/C33H35N9O/c1-32(2,3)19-37-29-21(16-35)17-36-28-20(15-34)13-22(14-26(28)29)38-30(27-18-42(40-39-27)33(4)10-11-33)24-7-6-8-25-23(24)9-12-41(5)31(25)43/h6-9,12-14,17-18,30,38-40H,10-11,19H2,1-5H3,(H,36,37)/t30-/m0/s1. The first-order valence-electron chi connectivity index (χ1n) is 14.4. The van der Waals surface area contributed by atoms with E-state index < -0.39 is 6.04 Å². The van der Waals surface area contributed by atoms with Crippen molar-refractivity contribution in [2.75, 3.05) is 17.2 Å². The summed E-state index contributed by atoms with van der Waals surface area (Å²) >= 11 is 0. The lowest BCUT2D eigenvalue weighted by Crippen LogP contribution is -2.43. The molecule has 4 aromatic rings. The second-order valence-electron chi connectivity index (χ2n) is 12.9. The SMILES string of the molecule is Cn1ccc2c([C@H](Nc3cc(C#N)c4ncc(C#N)c(NCC(C)(C)C)c4c3)C3=CN(C4(C)CC4)NN3)cccc2c1=O. The molecule has 1 saturated carbocycles. The number of rotatable bonds is 7. The van der Waals surface area contributed by atoms with Crippen LogP contribution in [0.1, 0.15) is 63.3 Å². The van der Waals surface area contributed by atoms with Gasteiger partial charge in [0.25, 0.3) is 5.56 Å². The number of aromatic nitrogens is 2. The van der Waals surface area contributed by atoms with Crippen LogP contribution < -0.4 is 27.2 Å². The molecule has 1 atom stereocenters. The number of hydrazine groups is 2. The average Bonchev–Trinajstić information content (AvgIpc) is 3.53. The summed E-state index contributed by atoms with van der Waals surface area (Å²) in [5, 5.41) is 31.4. The molecule has 0 spiro atoms. The van der Waals surface area contributed by atoms with Crippen LogP contribution in [0.3, 0.4) is 0 Å². The number of pyridine rings is 2. The van der Waals surface area contributed by atoms with Crippen LogP contribution >= 0.6 is 0 Å². The minimum atomic E-state index is -0.405. The van der Waals surface area contributed by atoms with Crippen LogP contribution in [0.4, 0.5) is 11.4 Å². The molecule has 10 heteroatoms. The molecule has 1 aliphatic carbocycles. The zero-order chi connectivity index (χ0) is 30.5. The van der Waals surface area contributed by atoms with Crippen molar-refractivity contribution in [2.24, 2.45) is 12.5 Å². The van der Waals surface area contributed by atoms with E-state index in [1.165, 1.54) is 6.20 Å². The molecule has 0 unspecified atom stereocenters. The van der Waals surface area contributed by atoms with E-state index in [0.717, 1.165) is 29.5 Å². The van der Waals surface area contributed by atoms with Crippen molar-refractivity contribution in [3.05, 3.63) is 87.7 Å². The van der Waals surface area contributed by atoms with E-state index in [4.69, 9.17) is 0 Å². The van der Waals surface area contributed by atoms with Crippen LogP contribution in [0, 0.1) is 28.1 Å². The number of fused-ring (bicyclic) bond motifs is 2. The van der Waals surface area contributed by atoms with E-state index >= 15 is 0 Å². The fraction of sp³-hybridized carbons (Fsp3) is 0.333. The maximum atomic E-state index is 13.0. The highest BCUT2D eigenvalue weighted by atomic mass is 16.1. The number of anilines is 2. The normalized spacial score (nSPS) is 16.3. The van der Waals surface area contributed by atoms with Gasteiger partial charge in [-0.05, 0) is 60.4 Å². The third-order valence-corrected chi connectivity index (χ3v) is 8.24. The Balaban J connectivity index is 1.51. The van der Waals surface area contributed by atoms with Gasteiger partial charge in [0, 0.05) is 48.6 Å². The van der Waals surface area contributed by atoms with Gasteiger partial charge in [0.15, 0.2) is 0 Å². The van der Waals surface area contributed by atoms with Crippen molar-refractivity contribution in [2.45, 2.75) is 52.1 Å². The van der Waals surface area contributed by atoms with Gasteiger partial charge in [-0.15, -0.1) is 5.53 Å². The Hall–Kier alpha value is -5.06. The molecule has 2 aliphatic rings. The van der Waals surface area contributed by atoms with Crippen molar-refractivity contribution < 1.29 is 0 Å². The first kappa shape index (κ1) is 28.1. The smallest absolute Gasteiger partial charge is 0.258 e. The molecule has 4 N–H and O–H groups in total. The molecule has 10 nitrogen and oxygen atoms in total. The van der Waals surface area contributed by atoms with Gasteiger partial charge in [-0.1, -0.05) is 32.9 Å². The summed E-state index contributed by atoms with van der Waals surface area (Å²) in [6.45, 7) is 9.19. The molecule has 218 valence electrons. The van der Waals surface area contributed by atoms with Gasteiger partial charge in [0.2, 0.25) is 0 Å². The van der Waals surface area contributed by atoms with Crippen LogP contribution in [-0.2, 0) is 7.05 Å². The predicted octanol–water partition coefficient (Wildman–Crippen LogP) is 5.16.